The van der Waals surface area contributed by atoms with Crippen molar-refractivity contribution in [1.82, 2.24) is 4.98 Å². The topological polar surface area (TPSA) is 22.1 Å². The molecule has 0 unspecified atom stereocenters. The van der Waals surface area contributed by atoms with Gasteiger partial charge in [-0.1, -0.05) is 23.2 Å². The lowest BCUT2D eigenvalue weighted by atomic mass is 10.3. The van der Waals surface area contributed by atoms with Crippen LogP contribution in [0.5, 0.6) is 5.88 Å². The third-order valence-corrected chi connectivity index (χ3v) is 1.90. The van der Waals surface area contributed by atoms with E-state index in [1.807, 2.05) is 0 Å². The summed E-state index contributed by atoms with van der Waals surface area (Å²) in [7, 11) is 1.29. The molecule has 0 N–H and O–H groups in total. The van der Waals surface area contributed by atoms with Crippen LogP contribution in [0.1, 0.15) is 12.1 Å². The zero-order valence-electron chi connectivity index (χ0n) is 6.52. The fourth-order valence-corrected chi connectivity index (χ4v) is 1.28. The maximum atomic E-state index is 12.2. The van der Waals surface area contributed by atoms with Gasteiger partial charge in [-0.3, -0.25) is 0 Å². The number of alkyl halides is 2. The Labute approximate surface area is 83.4 Å². The van der Waals surface area contributed by atoms with Gasteiger partial charge in [-0.05, 0) is 6.07 Å². The monoisotopic (exact) mass is 227 g/mol. The fourth-order valence-electron chi connectivity index (χ4n) is 0.759. The van der Waals surface area contributed by atoms with Crippen LogP contribution in [0.2, 0.25) is 10.0 Å². The molecule has 6 heteroatoms. The molecule has 1 rings (SSSR count). The molecule has 2 nitrogen and oxygen atoms in total. The molecule has 0 aliphatic carbocycles. The summed E-state index contributed by atoms with van der Waals surface area (Å²) in [6.07, 6.45) is -2.74. The number of methoxy groups -OCH3 is 1. The lowest BCUT2D eigenvalue weighted by molar-refractivity contribution is 0.145. The predicted molar refractivity (Wildman–Crippen MR) is 45.8 cm³/mol. The Hall–Kier alpha value is -0.610. The van der Waals surface area contributed by atoms with E-state index >= 15 is 0 Å². The van der Waals surface area contributed by atoms with Gasteiger partial charge in [-0.2, -0.15) is 0 Å². The maximum absolute atomic E-state index is 12.2. The van der Waals surface area contributed by atoms with Crippen LogP contribution in [0, 0.1) is 0 Å². The van der Waals surface area contributed by atoms with Gasteiger partial charge in [0.25, 0.3) is 6.43 Å². The Bertz CT molecular complexity index is 320. The van der Waals surface area contributed by atoms with E-state index in [0.717, 1.165) is 0 Å². The Kier molecular flexibility index (Phi) is 3.27. The highest BCUT2D eigenvalue weighted by molar-refractivity contribution is 6.35. The second-order valence-corrected chi connectivity index (χ2v) is 2.96. The minimum atomic E-state index is -2.74. The van der Waals surface area contributed by atoms with E-state index in [0.29, 0.717) is 0 Å². The summed E-state index contributed by atoms with van der Waals surface area (Å²) in [6.45, 7) is 0. The maximum Gasteiger partial charge on any atom is 0.281 e. The first kappa shape index (κ1) is 10.5. The molecule has 0 atom stereocenters. The molecule has 1 aromatic rings. The largest absolute Gasteiger partial charge is 0.480 e. The lowest BCUT2D eigenvalue weighted by Gasteiger charge is -2.06. The molecule has 13 heavy (non-hydrogen) atoms. The van der Waals surface area contributed by atoms with E-state index in [2.05, 4.69) is 9.72 Å². The second kappa shape index (κ2) is 4.07. The van der Waals surface area contributed by atoms with Gasteiger partial charge in [0.2, 0.25) is 5.88 Å². The number of hydrogen-bond donors (Lipinski definition) is 0. The molecule has 0 saturated carbocycles. The summed E-state index contributed by atoms with van der Waals surface area (Å²) < 4.78 is 29.1. The summed E-state index contributed by atoms with van der Waals surface area (Å²) in [5, 5.41) is -0.0577. The van der Waals surface area contributed by atoms with Crippen molar-refractivity contribution in [2.45, 2.75) is 6.43 Å². The number of pyridine rings is 1. The second-order valence-electron chi connectivity index (χ2n) is 2.15. The summed E-state index contributed by atoms with van der Waals surface area (Å²) in [4.78, 5) is 3.45. The van der Waals surface area contributed by atoms with E-state index in [1.54, 1.807) is 0 Å². The van der Waals surface area contributed by atoms with Gasteiger partial charge in [-0.15, -0.1) is 0 Å². The summed E-state index contributed by atoms with van der Waals surface area (Å²) >= 11 is 11.1. The SMILES string of the molecule is COc1nc(C(F)F)c(Cl)cc1Cl. The van der Waals surface area contributed by atoms with Gasteiger partial charge in [0, 0.05) is 0 Å². The molecule has 0 aromatic carbocycles. The Morgan fingerprint density at radius 1 is 1.38 bits per heavy atom. The molecular formula is C7H5Cl2F2NO. The normalized spacial score (nSPS) is 10.6. The number of aromatic nitrogens is 1. The molecule has 0 radical (unpaired) electrons. The van der Waals surface area contributed by atoms with E-state index in [1.165, 1.54) is 13.2 Å². The zero-order valence-corrected chi connectivity index (χ0v) is 8.03. The molecule has 0 fully saturated rings. The third-order valence-electron chi connectivity index (χ3n) is 1.32. The molecule has 0 bridgehead atoms. The van der Waals surface area contributed by atoms with Gasteiger partial charge in [-0.25, -0.2) is 13.8 Å². The minimum absolute atomic E-state index is 0.0543. The smallest absolute Gasteiger partial charge is 0.281 e. The Morgan fingerprint density at radius 2 is 2.00 bits per heavy atom. The molecule has 1 aromatic heterocycles. The van der Waals surface area contributed by atoms with Crippen molar-refractivity contribution < 1.29 is 13.5 Å². The summed E-state index contributed by atoms with van der Waals surface area (Å²) in [5.41, 5.74) is -0.525. The van der Waals surface area contributed by atoms with Crippen LogP contribution in [-0.4, -0.2) is 12.1 Å². The van der Waals surface area contributed by atoms with Crippen LogP contribution in [0.15, 0.2) is 6.07 Å². The molecule has 0 aliphatic heterocycles. The van der Waals surface area contributed by atoms with Crippen molar-refractivity contribution in [3.05, 3.63) is 21.8 Å². The van der Waals surface area contributed by atoms with E-state index in [4.69, 9.17) is 23.2 Å². The van der Waals surface area contributed by atoms with Crippen LogP contribution in [-0.2, 0) is 0 Å². The molecule has 0 spiro atoms. The quantitative estimate of drug-likeness (QED) is 0.774. The summed E-state index contributed by atoms with van der Waals surface area (Å²) in [6, 6.07) is 1.18. The lowest BCUT2D eigenvalue weighted by Crippen LogP contribution is -1.96. The third kappa shape index (κ3) is 2.19. The molecule has 72 valence electrons. The van der Waals surface area contributed by atoms with Crippen molar-refractivity contribution in [1.29, 1.82) is 0 Å². The van der Waals surface area contributed by atoms with Crippen LogP contribution in [0.25, 0.3) is 0 Å². The van der Waals surface area contributed by atoms with E-state index in [-0.39, 0.29) is 15.9 Å². The van der Waals surface area contributed by atoms with Crippen LogP contribution in [0.3, 0.4) is 0 Å². The molecule has 1 heterocycles. The van der Waals surface area contributed by atoms with E-state index < -0.39 is 12.1 Å². The van der Waals surface area contributed by atoms with Crippen molar-refractivity contribution in [3.63, 3.8) is 0 Å². The first-order valence-corrected chi connectivity index (χ1v) is 4.00. The Balaban J connectivity index is 3.22. The van der Waals surface area contributed by atoms with Crippen LogP contribution in [0.4, 0.5) is 8.78 Å². The molecule has 0 amide bonds. The number of hydrogen-bond acceptors (Lipinski definition) is 2. The minimum Gasteiger partial charge on any atom is -0.480 e. The van der Waals surface area contributed by atoms with E-state index in [9.17, 15) is 8.78 Å². The van der Waals surface area contributed by atoms with Gasteiger partial charge in [0.05, 0.1) is 12.1 Å². The highest BCUT2D eigenvalue weighted by atomic mass is 35.5. The van der Waals surface area contributed by atoms with Crippen LogP contribution >= 0.6 is 23.2 Å². The number of rotatable bonds is 2. The Morgan fingerprint density at radius 3 is 2.46 bits per heavy atom. The number of halogens is 4. The standard InChI is InChI=1S/C7H5Cl2F2NO/c1-13-7-4(9)2-3(8)5(12-7)6(10)11/h2,6H,1H3. The van der Waals surface area contributed by atoms with Crippen molar-refractivity contribution >= 4 is 23.2 Å². The highest BCUT2D eigenvalue weighted by Gasteiger charge is 2.17. The molecule has 0 aliphatic rings. The average molecular weight is 228 g/mol. The zero-order chi connectivity index (χ0) is 10.0. The van der Waals surface area contributed by atoms with Crippen molar-refractivity contribution in [3.8, 4) is 5.88 Å². The van der Waals surface area contributed by atoms with Gasteiger partial charge < -0.3 is 4.74 Å². The molecule has 0 saturated heterocycles. The van der Waals surface area contributed by atoms with Gasteiger partial charge in [0.1, 0.15) is 10.7 Å². The number of nitrogens with zero attached hydrogens (tertiary/aromatic N) is 1. The van der Waals surface area contributed by atoms with Crippen LogP contribution < -0.4 is 4.74 Å². The molecular weight excluding hydrogens is 223 g/mol. The number of ether oxygens (including phenoxy) is 1. The predicted octanol–water partition coefficient (Wildman–Crippen LogP) is 3.33. The first-order valence-electron chi connectivity index (χ1n) is 3.24. The highest BCUT2D eigenvalue weighted by Crippen LogP contribution is 2.32. The van der Waals surface area contributed by atoms with Gasteiger partial charge >= 0.3 is 0 Å². The fraction of sp³-hybridized carbons (Fsp3) is 0.286. The summed E-state index contributed by atoms with van der Waals surface area (Å²) in [5.74, 6) is -0.0543. The van der Waals surface area contributed by atoms with Crippen molar-refractivity contribution in [2.75, 3.05) is 7.11 Å². The van der Waals surface area contributed by atoms with Crippen molar-refractivity contribution in [2.24, 2.45) is 0 Å². The first-order chi connectivity index (χ1) is 6.06. The van der Waals surface area contributed by atoms with Gasteiger partial charge in [0.15, 0.2) is 0 Å². The average Bonchev–Trinajstić information content (AvgIpc) is 2.03.